The van der Waals surface area contributed by atoms with E-state index in [1.807, 2.05) is 4.90 Å². The number of hydrogen-bond acceptors (Lipinski definition) is 5. The Morgan fingerprint density at radius 3 is 2.36 bits per heavy atom. The van der Waals surface area contributed by atoms with Gasteiger partial charge in [-0.15, -0.1) is 0 Å². The van der Waals surface area contributed by atoms with Crippen LogP contribution in [-0.2, 0) is 4.79 Å². The van der Waals surface area contributed by atoms with Crippen molar-refractivity contribution in [1.29, 1.82) is 0 Å². The van der Waals surface area contributed by atoms with Crippen LogP contribution in [0.5, 0.6) is 11.5 Å². The molecule has 0 aliphatic carbocycles. The second-order valence-electron chi connectivity index (χ2n) is 6.05. The third-order valence-corrected chi connectivity index (χ3v) is 4.28. The maximum absolute atomic E-state index is 12.9. The molecule has 1 saturated heterocycles. The van der Waals surface area contributed by atoms with E-state index in [1.165, 1.54) is 14.2 Å². The standard InChI is InChI=1S/C18H27N3O4/c1-24-15-11-13(18(23)21-9-4-3-5-10-21)14(12-16(15)25-2)20-17(22)7-6-8-19/h11-12H,3-10,19H2,1-2H3,(H,20,22). The Labute approximate surface area is 148 Å². The van der Waals surface area contributed by atoms with Gasteiger partial charge in [-0.3, -0.25) is 9.59 Å². The van der Waals surface area contributed by atoms with Gasteiger partial charge in [0.15, 0.2) is 11.5 Å². The van der Waals surface area contributed by atoms with Gasteiger partial charge >= 0.3 is 0 Å². The summed E-state index contributed by atoms with van der Waals surface area (Å²) in [6.07, 6.45) is 4.03. The van der Waals surface area contributed by atoms with Crippen LogP contribution in [0, 0.1) is 0 Å². The molecule has 1 aromatic carbocycles. The number of anilines is 1. The molecule has 0 spiro atoms. The molecule has 0 aromatic heterocycles. The van der Waals surface area contributed by atoms with E-state index in [-0.39, 0.29) is 11.8 Å². The predicted octanol–water partition coefficient (Wildman–Crippen LogP) is 2.01. The summed E-state index contributed by atoms with van der Waals surface area (Å²) in [5.74, 6) is 0.648. The van der Waals surface area contributed by atoms with Gasteiger partial charge in [-0.1, -0.05) is 0 Å². The van der Waals surface area contributed by atoms with Crippen LogP contribution in [0.1, 0.15) is 42.5 Å². The minimum atomic E-state index is -0.176. The number of nitrogens with one attached hydrogen (secondary N) is 1. The van der Waals surface area contributed by atoms with E-state index in [0.29, 0.717) is 42.1 Å². The molecule has 25 heavy (non-hydrogen) atoms. The molecule has 7 heteroatoms. The van der Waals surface area contributed by atoms with Crippen LogP contribution < -0.4 is 20.5 Å². The summed E-state index contributed by atoms with van der Waals surface area (Å²) < 4.78 is 10.6. The van der Waals surface area contributed by atoms with E-state index in [9.17, 15) is 9.59 Å². The van der Waals surface area contributed by atoms with Crippen molar-refractivity contribution in [2.75, 3.05) is 39.2 Å². The molecule has 0 radical (unpaired) electrons. The molecule has 0 atom stereocenters. The fourth-order valence-corrected chi connectivity index (χ4v) is 2.90. The molecule has 3 N–H and O–H groups in total. The van der Waals surface area contributed by atoms with Crippen LogP contribution >= 0.6 is 0 Å². The van der Waals surface area contributed by atoms with Gasteiger partial charge in [-0.05, 0) is 38.3 Å². The highest BCUT2D eigenvalue weighted by Gasteiger charge is 2.24. The lowest BCUT2D eigenvalue weighted by Crippen LogP contribution is -2.36. The highest BCUT2D eigenvalue weighted by atomic mass is 16.5. The number of carbonyl (C=O) groups excluding carboxylic acids is 2. The van der Waals surface area contributed by atoms with Gasteiger partial charge in [-0.25, -0.2) is 0 Å². The van der Waals surface area contributed by atoms with Crippen molar-refractivity contribution in [3.63, 3.8) is 0 Å². The van der Waals surface area contributed by atoms with Crippen LogP contribution in [-0.4, -0.2) is 50.6 Å². The van der Waals surface area contributed by atoms with Crippen LogP contribution in [0.25, 0.3) is 0 Å². The Morgan fingerprint density at radius 2 is 1.76 bits per heavy atom. The fourth-order valence-electron chi connectivity index (χ4n) is 2.90. The van der Waals surface area contributed by atoms with Gasteiger partial charge in [0.1, 0.15) is 0 Å². The first-order valence-electron chi connectivity index (χ1n) is 8.66. The number of nitrogens with zero attached hydrogens (tertiary/aromatic N) is 1. The summed E-state index contributed by atoms with van der Waals surface area (Å²) in [7, 11) is 3.04. The van der Waals surface area contributed by atoms with Crippen molar-refractivity contribution >= 4 is 17.5 Å². The SMILES string of the molecule is COc1cc(NC(=O)CCCN)c(C(=O)N2CCCCC2)cc1OC. The molecular formula is C18H27N3O4. The van der Waals surface area contributed by atoms with Crippen molar-refractivity contribution in [2.45, 2.75) is 32.1 Å². The van der Waals surface area contributed by atoms with E-state index < -0.39 is 0 Å². The number of carbonyl (C=O) groups is 2. The lowest BCUT2D eigenvalue weighted by molar-refractivity contribution is -0.116. The number of amides is 2. The van der Waals surface area contributed by atoms with Crippen LogP contribution in [0.3, 0.4) is 0 Å². The van der Waals surface area contributed by atoms with Crippen molar-refractivity contribution in [2.24, 2.45) is 5.73 Å². The molecule has 0 saturated carbocycles. The minimum Gasteiger partial charge on any atom is -0.493 e. The molecule has 0 bridgehead atoms. The molecule has 2 amide bonds. The van der Waals surface area contributed by atoms with Gasteiger partial charge in [0.25, 0.3) is 5.91 Å². The smallest absolute Gasteiger partial charge is 0.256 e. The molecule has 2 rings (SSSR count). The molecule has 1 fully saturated rings. The second-order valence-corrected chi connectivity index (χ2v) is 6.05. The average molecular weight is 349 g/mol. The Hall–Kier alpha value is -2.28. The number of methoxy groups -OCH3 is 2. The monoisotopic (exact) mass is 349 g/mol. The third-order valence-electron chi connectivity index (χ3n) is 4.28. The molecule has 0 unspecified atom stereocenters. The fraction of sp³-hybridized carbons (Fsp3) is 0.556. The Kier molecular flexibility index (Phi) is 7.06. The molecule has 1 heterocycles. The second kappa shape index (κ2) is 9.27. The van der Waals surface area contributed by atoms with E-state index in [0.717, 1.165) is 32.4 Å². The molecule has 1 aliphatic rings. The maximum atomic E-state index is 12.9. The van der Waals surface area contributed by atoms with Crippen LogP contribution in [0.2, 0.25) is 0 Å². The van der Waals surface area contributed by atoms with Gasteiger partial charge < -0.3 is 25.4 Å². The number of ether oxygens (including phenoxy) is 2. The van der Waals surface area contributed by atoms with E-state index in [4.69, 9.17) is 15.2 Å². The lowest BCUT2D eigenvalue weighted by Gasteiger charge is -2.28. The Bertz CT molecular complexity index is 613. The molecule has 7 nitrogen and oxygen atoms in total. The van der Waals surface area contributed by atoms with Gasteiger partial charge in [0, 0.05) is 25.6 Å². The summed E-state index contributed by atoms with van der Waals surface area (Å²) in [4.78, 5) is 26.9. The Balaban J connectivity index is 2.33. The molecule has 1 aromatic rings. The lowest BCUT2D eigenvalue weighted by atomic mass is 10.1. The zero-order chi connectivity index (χ0) is 18.2. The van der Waals surface area contributed by atoms with Crippen LogP contribution in [0.4, 0.5) is 5.69 Å². The van der Waals surface area contributed by atoms with Crippen molar-refractivity contribution in [1.82, 2.24) is 4.90 Å². The van der Waals surface area contributed by atoms with Crippen molar-refractivity contribution < 1.29 is 19.1 Å². The Morgan fingerprint density at radius 1 is 1.12 bits per heavy atom. The highest BCUT2D eigenvalue weighted by Crippen LogP contribution is 2.34. The normalized spacial score (nSPS) is 14.1. The topological polar surface area (TPSA) is 93.9 Å². The molecular weight excluding hydrogens is 322 g/mol. The zero-order valence-corrected chi connectivity index (χ0v) is 15.0. The summed E-state index contributed by atoms with van der Waals surface area (Å²) in [6, 6.07) is 3.27. The number of benzene rings is 1. The van der Waals surface area contributed by atoms with Gasteiger partial charge in [-0.2, -0.15) is 0 Å². The van der Waals surface area contributed by atoms with Crippen LogP contribution in [0.15, 0.2) is 12.1 Å². The van der Waals surface area contributed by atoms with Crippen molar-refractivity contribution in [3.05, 3.63) is 17.7 Å². The summed E-state index contributed by atoms with van der Waals surface area (Å²) >= 11 is 0. The zero-order valence-electron chi connectivity index (χ0n) is 15.0. The van der Waals surface area contributed by atoms with Gasteiger partial charge in [0.05, 0.1) is 25.5 Å². The maximum Gasteiger partial charge on any atom is 0.256 e. The predicted molar refractivity (Wildman–Crippen MR) is 96.2 cm³/mol. The average Bonchev–Trinajstić information content (AvgIpc) is 2.66. The highest BCUT2D eigenvalue weighted by molar-refractivity contribution is 6.04. The number of nitrogens with two attached hydrogens (primary N) is 1. The summed E-state index contributed by atoms with van der Waals surface area (Å²) in [5, 5.41) is 2.81. The molecule has 1 aliphatic heterocycles. The minimum absolute atomic E-state index is 0.102. The van der Waals surface area contributed by atoms with E-state index >= 15 is 0 Å². The first-order chi connectivity index (χ1) is 12.1. The summed E-state index contributed by atoms with van der Waals surface area (Å²) in [5.41, 5.74) is 6.31. The quantitative estimate of drug-likeness (QED) is 0.785. The number of hydrogen-bond donors (Lipinski definition) is 2. The van der Waals surface area contributed by atoms with E-state index in [2.05, 4.69) is 5.32 Å². The van der Waals surface area contributed by atoms with Crippen molar-refractivity contribution in [3.8, 4) is 11.5 Å². The first kappa shape index (κ1) is 19.1. The number of rotatable bonds is 7. The number of likely N-dealkylation sites (tertiary alicyclic amines) is 1. The summed E-state index contributed by atoms with van der Waals surface area (Å²) in [6.45, 7) is 1.90. The van der Waals surface area contributed by atoms with Gasteiger partial charge in [0.2, 0.25) is 5.91 Å². The number of piperidine rings is 1. The third kappa shape index (κ3) is 4.85. The van der Waals surface area contributed by atoms with E-state index in [1.54, 1.807) is 12.1 Å². The largest absolute Gasteiger partial charge is 0.493 e. The first-order valence-corrected chi connectivity index (χ1v) is 8.66. The molecule has 138 valence electrons.